The number of hydrogen-bond donors (Lipinski definition) is 0. The highest BCUT2D eigenvalue weighted by molar-refractivity contribution is 8.03. The van der Waals surface area contributed by atoms with Gasteiger partial charge in [0.15, 0.2) is 0 Å². The third-order valence-electron chi connectivity index (χ3n) is 4.61. The number of imide groups is 1. The first-order valence-electron chi connectivity index (χ1n) is 8.76. The Labute approximate surface area is 166 Å². The minimum atomic E-state index is -0.278. The third-order valence-corrected chi connectivity index (χ3v) is 5.96. The van der Waals surface area contributed by atoms with E-state index in [1.807, 2.05) is 6.07 Å². The van der Waals surface area contributed by atoms with Gasteiger partial charge in [-0.3, -0.25) is 14.5 Å². The fourth-order valence-electron chi connectivity index (χ4n) is 3.25. The number of amides is 2. The SMILES string of the molecule is O=C1C(SCc2ccco2)=C(c2ccc(Cl)cc2)C(=O)N1CC1CCCO1. The number of furan rings is 1. The zero-order valence-electron chi connectivity index (χ0n) is 14.5. The van der Waals surface area contributed by atoms with Crippen molar-refractivity contribution in [1.82, 2.24) is 4.90 Å². The van der Waals surface area contributed by atoms with Gasteiger partial charge in [-0.2, -0.15) is 0 Å². The van der Waals surface area contributed by atoms with Crippen molar-refractivity contribution in [2.45, 2.75) is 24.7 Å². The van der Waals surface area contributed by atoms with Crippen molar-refractivity contribution in [1.29, 1.82) is 0 Å². The molecule has 0 spiro atoms. The molecule has 1 atom stereocenters. The van der Waals surface area contributed by atoms with Gasteiger partial charge in [-0.15, -0.1) is 11.8 Å². The van der Waals surface area contributed by atoms with E-state index in [0.29, 0.717) is 40.0 Å². The molecule has 5 nitrogen and oxygen atoms in total. The number of ether oxygens (including phenoxy) is 1. The molecule has 1 aromatic carbocycles. The van der Waals surface area contributed by atoms with E-state index >= 15 is 0 Å². The fraction of sp³-hybridized carbons (Fsp3) is 0.300. The van der Waals surface area contributed by atoms with Crippen LogP contribution in [0.1, 0.15) is 24.2 Å². The number of halogens is 1. The molecule has 0 bridgehead atoms. The molecule has 3 heterocycles. The molecule has 140 valence electrons. The topological polar surface area (TPSA) is 59.8 Å². The van der Waals surface area contributed by atoms with Gasteiger partial charge in [-0.25, -0.2) is 0 Å². The normalized spacial score (nSPS) is 20.2. The van der Waals surface area contributed by atoms with Gasteiger partial charge in [0.05, 0.1) is 35.1 Å². The van der Waals surface area contributed by atoms with Crippen molar-refractivity contribution in [3.05, 3.63) is 63.9 Å². The minimum absolute atomic E-state index is 0.0845. The molecule has 4 rings (SSSR count). The lowest BCUT2D eigenvalue weighted by molar-refractivity contribution is -0.138. The number of benzene rings is 1. The molecule has 2 amide bonds. The Morgan fingerprint density at radius 1 is 1.15 bits per heavy atom. The molecule has 2 aliphatic heterocycles. The van der Waals surface area contributed by atoms with E-state index in [-0.39, 0.29) is 17.9 Å². The second-order valence-electron chi connectivity index (χ2n) is 6.43. The van der Waals surface area contributed by atoms with Gasteiger partial charge in [0.2, 0.25) is 0 Å². The summed E-state index contributed by atoms with van der Waals surface area (Å²) in [5.74, 6) is 0.684. The van der Waals surface area contributed by atoms with E-state index in [9.17, 15) is 9.59 Å². The number of carbonyl (C=O) groups excluding carboxylic acids is 2. The summed E-state index contributed by atoms with van der Waals surface area (Å²) in [6.07, 6.45) is 3.33. The van der Waals surface area contributed by atoms with Crippen LogP contribution in [0.15, 0.2) is 52.0 Å². The zero-order valence-corrected chi connectivity index (χ0v) is 16.1. The average molecular weight is 404 g/mol. The molecule has 0 saturated carbocycles. The standard InChI is InChI=1S/C20H18ClNO4S/c21-14-7-5-13(6-8-14)17-18(27-12-16-4-2-10-26-16)20(24)22(19(17)23)11-15-3-1-9-25-15/h2,4-8,10,15H,1,3,9,11-12H2. The Morgan fingerprint density at radius 2 is 1.96 bits per heavy atom. The maximum atomic E-state index is 13.1. The molecule has 1 saturated heterocycles. The van der Waals surface area contributed by atoms with Gasteiger partial charge in [-0.05, 0) is 42.7 Å². The van der Waals surface area contributed by atoms with Gasteiger partial charge in [0.25, 0.3) is 11.8 Å². The number of hydrogen-bond acceptors (Lipinski definition) is 5. The third kappa shape index (κ3) is 3.83. The predicted octanol–water partition coefficient (Wildman–Crippen LogP) is 4.13. The second-order valence-corrected chi connectivity index (χ2v) is 7.86. The highest BCUT2D eigenvalue weighted by Gasteiger charge is 2.40. The lowest BCUT2D eigenvalue weighted by Gasteiger charge is -2.19. The van der Waals surface area contributed by atoms with Crippen LogP contribution in [0.3, 0.4) is 0 Å². The van der Waals surface area contributed by atoms with Crippen molar-refractivity contribution in [3.8, 4) is 0 Å². The number of rotatable bonds is 6. The molecule has 0 radical (unpaired) electrons. The Balaban J connectivity index is 1.63. The van der Waals surface area contributed by atoms with Crippen LogP contribution in [0.2, 0.25) is 5.02 Å². The molecule has 2 aromatic rings. The number of nitrogens with zero attached hydrogens (tertiary/aromatic N) is 1. The van der Waals surface area contributed by atoms with E-state index in [1.165, 1.54) is 16.7 Å². The molecule has 7 heteroatoms. The van der Waals surface area contributed by atoms with Crippen molar-refractivity contribution >= 4 is 40.8 Å². The lowest BCUT2D eigenvalue weighted by Crippen LogP contribution is -2.37. The molecular formula is C20H18ClNO4S. The molecular weight excluding hydrogens is 386 g/mol. The summed E-state index contributed by atoms with van der Waals surface area (Å²) in [5, 5.41) is 0.581. The first-order valence-corrected chi connectivity index (χ1v) is 10.1. The monoisotopic (exact) mass is 403 g/mol. The van der Waals surface area contributed by atoms with Crippen molar-refractivity contribution < 1.29 is 18.7 Å². The van der Waals surface area contributed by atoms with Crippen LogP contribution in [-0.4, -0.2) is 36.0 Å². The molecule has 1 aromatic heterocycles. The van der Waals surface area contributed by atoms with Gasteiger partial charge >= 0.3 is 0 Å². The minimum Gasteiger partial charge on any atom is -0.468 e. The van der Waals surface area contributed by atoms with Crippen molar-refractivity contribution in [2.75, 3.05) is 13.2 Å². The lowest BCUT2D eigenvalue weighted by atomic mass is 10.1. The number of carbonyl (C=O) groups is 2. The van der Waals surface area contributed by atoms with Crippen LogP contribution in [0, 0.1) is 0 Å². The van der Waals surface area contributed by atoms with E-state index in [1.54, 1.807) is 36.6 Å². The first kappa shape index (κ1) is 18.3. The molecule has 2 aliphatic rings. The summed E-state index contributed by atoms with van der Waals surface area (Å²) in [6, 6.07) is 10.6. The average Bonchev–Trinajstić information content (AvgIpc) is 3.40. The van der Waals surface area contributed by atoms with Gasteiger partial charge < -0.3 is 9.15 Å². The number of thioether (sulfide) groups is 1. The molecule has 0 aliphatic carbocycles. The van der Waals surface area contributed by atoms with Crippen molar-refractivity contribution in [3.63, 3.8) is 0 Å². The predicted molar refractivity (Wildman–Crippen MR) is 104 cm³/mol. The van der Waals surface area contributed by atoms with Gasteiger partial charge in [-0.1, -0.05) is 23.7 Å². The van der Waals surface area contributed by atoms with Crippen LogP contribution >= 0.6 is 23.4 Å². The van der Waals surface area contributed by atoms with E-state index in [4.69, 9.17) is 20.8 Å². The second kappa shape index (κ2) is 7.92. The Kier molecular flexibility index (Phi) is 5.38. The smallest absolute Gasteiger partial charge is 0.268 e. The van der Waals surface area contributed by atoms with E-state index in [0.717, 1.165) is 18.6 Å². The van der Waals surface area contributed by atoms with Crippen LogP contribution in [0.4, 0.5) is 0 Å². The fourth-order valence-corrected chi connectivity index (χ4v) is 4.41. The van der Waals surface area contributed by atoms with Crippen LogP contribution in [0.25, 0.3) is 5.57 Å². The molecule has 1 unspecified atom stereocenters. The maximum Gasteiger partial charge on any atom is 0.268 e. The largest absolute Gasteiger partial charge is 0.468 e. The van der Waals surface area contributed by atoms with Gasteiger partial charge in [0.1, 0.15) is 5.76 Å². The Bertz CT molecular complexity index is 870. The van der Waals surface area contributed by atoms with Crippen LogP contribution in [-0.2, 0) is 20.1 Å². The summed E-state index contributed by atoms with van der Waals surface area (Å²) >= 11 is 7.30. The van der Waals surface area contributed by atoms with Crippen LogP contribution in [0.5, 0.6) is 0 Å². The van der Waals surface area contributed by atoms with E-state index in [2.05, 4.69) is 0 Å². The first-order chi connectivity index (χ1) is 13.1. The summed E-state index contributed by atoms with van der Waals surface area (Å²) in [5.41, 5.74) is 1.11. The Morgan fingerprint density at radius 3 is 2.63 bits per heavy atom. The summed E-state index contributed by atoms with van der Waals surface area (Å²) in [4.78, 5) is 27.9. The Hall–Kier alpha value is -2.02. The highest BCUT2D eigenvalue weighted by Crippen LogP contribution is 2.38. The summed E-state index contributed by atoms with van der Waals surface area (Å²) in [7, 11) is 0. The quantitative estimate of drug-likeness (QED) is 0.679. The highest BCUT2D eigenvalue weighted by atomic mass is 35.5. The van der Waals surface area contributed by atoms with Crippen molar-refractivity contribution in [2.24, 2.45) is 0 Å². The molecule has 0 N–H and O–H groups in total. The molecule has 1 fully saturated rings. The summed E-state index contributed by atoms with van der Waals surface area (Å²) in [6.45, 7) is 0.970. The maximum absolute atomic E-state index is 13.1. The van der Waals surface area contributed by atoms with Crippen LogP contribution < -0.4 is 0 Å². The molecule has 27 heavy (non-hydrogen) atoms. The van der Waals surface area contributed by atoms with Gasteiger partial charge in [0, 0.05) is 11.6 Å². The summed E-state index contributed by atoms with van der Waals surface area (Å²) < 4.78 is 11.0. The zero-order chi connectivity index (χ0) is 18.8. The van der Waals surface area contributed by atoms with E-state index < -0.39 is 0 Å².